The fourth-order valence-electron chi connectivity index (χ4n) is 3.77. The zero-order chi connectivity index (χ0) is 29.3. The second kappa shape index (κ2) is 13.7. The molecule has 0 aromatic carbocycles. The molecule has 39 heavy (non-hydrogen) atoms. The zero-order valence-corrected chi connectivity index (χ0v) is 21.1. The molecule has 0 radical (unpaired) electrons. The molecule has 9 nitrogen and oxygen atoms in total. The van der Waals surface area contributed by atoms with Crippen LogP contribution in [0.2, 0.25) is 0 Å². The van der Waals surface area contributed by atoms with Crippen molar-refractivity contribution in [1.29, 1.82) is 0 Å². The quantitative estimate of drug-likeness (QED) is 0.521. The van der Waals surface area contributed by atoms with E-state index in [0.717, 1.165) is 63.4 Å². The maximum absolute atomic E-state index is 12.5. The summed E-state index contributed by atoms with van der Waals surface area (Å²) in [5.74, 6) is -5.36. The van der Waals surface area contributed by atoms with Crippen molar-refractivity contribution >= 4 is 29.2 Å². The lowest BCUT2D eigenvalue weighted by atomic mass is 9.89. The molecule has 2 N–H and O–H groups in total. The minimum absolute atomic E-state index is 0.113. The van der Waals surface area contributed by atoms with E-state index in [1.165, 1.54) is 0 Å². The minimum Gasteiger partial charge on any atom is -0.475 e. The van der Waals surface area contributed by atoms with Gasteiger partial charge in [-0.15, -0.1) is 0 Å². The summed E-state index contributed by atoms with van der Waals surface area (Å²) in [6.45, 7) is 5.02. The molecule has 2 fully saturated rings. The molecule has 2 saturated heterocycles. The van der Waals surface area contributed by atoms with E-state index in [9.17, 15) is 31.1 Å². The summed E-state index contributed by atoms with van der Waals surface area (Å²) < 4.78 is 69.7. The number of ether oxygens (including phenoxy) is 1. The Labute approximate surface area is 222 Å². The largest absolute Gasteiger partial charge is 0.490 e. The molecule has 0 unspecified atom stereocenters. The van der Waals surface area contributed by atoms with Gasteiger partial charge in [-0.05, 0) is 36.4 Å². The highest BCUT2D eigenvalue weighted by molar-refractivity contribution is 7.08. The highest BCUT2D eigenvalue weighted by Gasteiger charge is 2.41. The van der Waals surface area contributed by atoms with E-state index in [1.807, 2.05) is 40.1 Å². The van der Waals surface area contributed by atoms with Crippen LogP contribution in [-0.2, 0) is 20.9 Å². The second-order valence-electron chi connectivity index (χ2n) is 8.47. The maximum atomic E-state index is 12.5. The van der Waals surface area contributed by atoms with E-state index in [-0.39, 0.29) is 11.5 Å². The molecule has 2 aliphatic rings. The van der Waals surface area contributed by atoms with Crippen LogP contribution >= 0.6 is 11.3 Å². The van der Waals surface area contributed by atoms with Crippen molar-refractivity contribution in [1.82, 2.24) is 14.8 Å². The number of halogens is 6. The Bertz CT molecular complexity index is 1050. The number of carbonyl (C=O) groups excluding carboxylic acids is 1. The molecule has 2 aromatic heterocycles. The molecule has 2 aliphatic heterocycles. The van der Waals surface area contributed by atoms with Crippen molar-refractivity contribution in [3.05, 3.63) is 52.5 Å². The van der Waals surface area contributed by atoms with E-state index in [2.05, 4.69) is 16.0 Å². The van der Waals surface area contributed by atoms with Crippen LogP contribution < -0.4 is 0 Å². The average Bonchev–Trinajstić information content (AvgIpc) is 3.40. The van der Waals surface area contributed by atoms with Crippen LogP contribution in [0.1, 0.15) is 28.9 Å². The Hall–Kier alpha value is -3.24. The number of likely N-dealkylation sites (tertiary alicyclic amines) is 1. The van der Waals surface area contributed by atoms with E-state index in [4.69, 9.17) is 24.5 Å². The Morgan fingerprint density at radius 2 is 1.56 bits per heavy atom. The summed E-state index contributed by atoms with van der Waals surface area (Å²) in [4.78, 5) is 39.1. The number of piperidine rings is 1. The molecule has 0 bridgehead atoms. The average molecular weight is 586 g/mol. The van der Waals surface area contributed by atoms with Gasteiger partial charge in [0.2, 0.25) is 0 Å². The third-order valence-corrected chi connectivity index (χ3v) is 6.34. The highest BCUT2D eigenvalue weighted by atomic mass is 32.1. The normalized spacial score (nSPS) is 17.3. The van der Waals surface area contributed by atoms with Crippen LogP contribution in [-0.4, -0.2) is 93.6 Å². The summed E-state index contributed by atoms with van der Waals surface area (Å²) in [6.07, 6.45) is -6.51. The van der Waals surface area contributed by atoms with Crippen LogP contribution in [0.25, 0.3) is 0 Å². The lowest BCUT2D eigenvalue weighted by Crippen LogP contribution is -2.57. The van der Waals surface area contributed by atoms with Gasteiger partial charge in [0.15, 0.2) is 0 Å². The number of hydrogen-bond acceptors (Lipinski definition) is 7. The van der Waals surface area contributed by atoms with Crippen LogP contribution in [0.5, 0.6) is 0 Å². The van der Waals surface area contributed by atoms with Gasteiger partial charge in [0.1, 0.15) is 0 Å². The number of hydrogen-bond donors (Lipinski definition) is 2. The van der Waals surface area contributed by atoms with E-state index < -0.39 is 24.3 Å². The number of carbonyl (C=O) groups is 3. The number of amides is 1. The number of rotatable bonds is 3. The molecule has 216 valence electrons. The van der Waals surface area contributed by atoms with Gasteiger partial charge >= 0.3 is 24.3 Å². The van der Waals surface area contributed by atoms with E-state index in [1.54, 1.807) is 11.3 Å². The van der Waals surface area contributed by atoms with Crippen molar-refractivity contribution < 1.29 is 55.7 Å². The number of pyridine rings is 1. The first-order chi connectivity index (χ1) is 18.1. The number of aromatic nitrogens is 1. The third kappa shape index (κ3) is 10.4. The highest BCUT2D eigenvalue weighted by Crippen LogP contribution is 2.31. The lowest BCUT2D eigenvalue weighted by molar-refractivity contribution is -0.193. The zero-order valence-electron chi connectivity index (χ0n) is 20.2. The summed E-state index contributed by atoms with van der Waals surface area (Å²) in [7, 11) is 0. The molecule has 4 rings (SSSR count). The Kier molecular flexibility index (Phi) is 11.2. The van der Waals surface area contributed by atoms with Crippen LogP contribution in [0.4, 0.5) is 26.3 Å². The Morgan fingerprint density at radius 3 is 2.03 bits per heavy atom. The van der Waals surface area contributed by atoms with Gasteiger partial charge in [-0.25, -0.2) is 9.59 Å². The van der Waals surface area contributed by atoms with Crippen molar-refractivity contribution in [2.75, 3.05) is 32.8 Å². The van der Waals surface area contributed by atoms with Gasteiger partial charge in [0.05, 0.1) is 23.5 Å². The van der Waals surface area contributed by atoms with Crippen molar-refractivity contribution in [3.8, 4) is 0 Å². The minimum atomic E-state index is -5.08. The fraction of sp³-hybridized carbons (Fsp3) is 0.478. The smallest absolute Gasteiger partial charge is 0.475 e. The molecular formula is C23H25F6N3O6S. The number of nitrogens with zero attached hydrogens (tertiary/aromatic N) is 3. The van der Waals surface area contributed by atoms with Crippen molar-refractivity contribution in [3.63, 3.8) is 0 Å². The number of aliphatic carboxylic acids is 2. The topological polar surface area (TPSA) is 120 Å². The molecular weight excluding hydrogens is 560 g/mol. The lowest BCUT2D eigenvalue weighted by Gasteiger charge is -2.47. The van der Waals surface area contributed by atoms with Gasteiger partial charge in [-0.1, -0.05) is 6.07 Å². The van der Waals surface area contributed by atoms with Crippen LogP contribution in [0, 0.1) is 0 Å². The van der Waals surface area contributed by atoms with E-state index in [0.29, 0.717) is 0 Å². The molecule has 1 spiro atoms. The first-order valence-electron chi connectivity index (χ1n) is 11.3. The standard InChI is InChI=1S/C19H23N3O2S.2C2HF3O2/c23-18(16-4-12-25-14-16)22-8-5-19(6-9-22)15-21(10-11-24-19)13-17-3-1-2-7-20-17;2*3-2(4,5)1(6)7/h1-4,7,12,14H,5-6,8-11,13,15H2;2*(H,6,7). The Morgan fingerprint density at radius 1 is 0.974 bits per heavy atom. The summed E-state index contributed by atoms with van der Waals surface area (Å²) >= 11 is 1.57. The number of carboxylic acids is 2. The van der Waals surface area contributed by atoms with Crippen molar-refractivity contribution in [2.45, 2.75) is 37.3 Å². The summed E-state index contributed by atoms with van der Waals surface area (Å²) in [5.41, 5.74) is 1.80. The predicted molar refractivity (Wildman–Crippen MR) is 125 cm³/mol. The first-order valence-corrected chi connectivity index (χ1v) is 12.3. The first kappa shape index (κ1) is 32.0. The monoisotopic (exact) mass is 585 g/mol. The van der Waals surface area contributed by atoms with Gasteiger partial charge in [-0.2, -0.15) is 37.7 Å². The van der Waals surface area contributed by atoms with E-state index >= 15 is 0 Å². The van der Waals surface area contributed by atoms with Gasteiger partial charge in [-0.3, -0.25) is 14.7 Å². The number of alkyl halides is 6. The van der Waals surface area contributed by atoms with Gasteiger partial charge in [0, 0.05) is 44.3 Å². The van der Waals surface area contributed by atoms with Crippen LogP contribution in [0.3, 0.4) is 0 Å². The number of thiophene rings is 1. The summed E-state index contributed by atoms with van der Waals surface area (Å²) in [5, 5.41) is 18.1. The molecule has 0 saturated carbocycles. The predicted octanol–water partition coefficient (Wildman–Crippen LogP) is 3.92. The number of carboxylic acid groups (broad SMARTS) is 2. The maximum Gasteiger partial charge on any atom is 0.490 e. The SMILES string of the molecule is O=C(O)C(F)(F)F.O=C(O)C(F)(F)F.O=C(c1ccsc1)N1CCC2(CC1)CN(Cc1ccccn1)CCO2. The Balaban J connectivity index is 0.000000317. The second-order valence-corrected chi connectivity index (χ2v) is 9.25. The molecule has 4 heterocycles. The number of morpholine rings is 1. The molecule has 0 atom stereocenters. The summed E-state index contributed by atoms with van der Waals surface area (Å²) in [6, 6.07) is 7.96. The van der Waals surface area contributed by atoms with Crippen molar-refractivity contribution in [2.24, 2.45) is 0 Å². The molecule has 1 amide bonds. The van der Waals surface area contributed by atoms with Gasteiger partial charge in [0.25, 0.3) is 5.91 Å². The fourth-order valence-corrected chi connectivity index (χ4v) is 4.40. The molecule has 16 heteroatoms. The molecule has 2 aromatic rings. The van der Waals surface area contributed by atoms with Gasteiger partial charge < -0.3 is 19.8 Å². The van der Waals surface area contributed by atoms with Crippen LogP contribution in [0.15, 0.2) is 41.2 Å². The molecule has 0 aliphatic carbocycles. The third-order valence-electron chi connectivity index (χ3n) is 5.65.